The highest BCUT2D eigenvalue weighted by Gasteiger charge is 2.35. The second-order valence-corrected chi connectivity index (χ2v) is 6.01. The lowest BCUT2D eigenvalue weighted by Gasteiger charge is -2.42. The second-order valence-electron chi connectivity index (χ2n) is 6.01. The maximum absolute atomic E-state index is 9.70. The summed E-state index contributed by atoms with van der Waals surface area (Å²) in [7, 11) is 2.20. The number of hydrogen-bond donors (Lipinski definition) is 1. The Morgan fingerprint density at radius 2 is 1.94 bits per heavy atom. The Labute approximate surface area is 101 Å². The summed E-state index contributed by atoms with van der Waals surface area (Å²) in [6.45, 7) is 8.26. The van der Waals surface area contributed by atoms with Crippen LogP contribution in [0.1, 0.15) is 52.9 Å². The van der Waals surface area contributed by atoms with Crippen LogP contribution in [0.2, 0.25) is 0 Å². The molecular formula is C14H29NO. The van der Waals surface area contributed by atoms with E-state index >= 15 is 0 Å². The molecule has 1 saturated carbocycles. The van der Waals surface area contributed by atoms with Gasteiger partial charge in [-0.3, -0.25) is 0 Å². The Morgan fingerprint density at radius 1 is 1.38 bits per heavy atom. The maximum Gasteiger partial charge on any atom is 0.0499 e. The van der Waals surface area contributed by atoms with Gasteiger partial charge in [0.1, 0.15) is 0 Å². The van der Waals surface area contributed by atoms with Crippen LogP contribution in [0, 0.1) is 11.3 Å². The van der Waals surface area contributed by atoms with Crippen molar-refractivity contribution in [1.82, 2.24) is 4.90 Å². The quantitative estimate of drug-likeness (QED) is 0.780. The van der Waals surface area contributed by atoms with Gasteiger partial charge in [-0.05, 0) is 39.2 Å². The summed E-state index contributed by atoms with van der Waals surface area (Å²) >= 11 is 0. The fourth-order valence-electron chi connectivity index (χ4n) is 2.74. The van der Waals surface area contributed by atoms with E-state index in [4.69, 9.17) is 0 Å². The molecule has 0 bridgehead atoms. The topological polar surface area (TPSA) is 23.5 Å². The Hall–Kier alpha value is -0.0800. The highest BCUT2D eigenvalue weighted by atomic mass is 16.3. The molecule has 1 atom stereocenters. The van der Waals surface area contributed by atoms with E-state index in [9.17, 15) is 5.11 Å². The van der Waals surface area contributed by atoms with Gasteiger partial charge in [0.15, 0.2) is 0 Å². The van der Waals surface area contributed by atoms with Crippen molar-refractivity contribution < 1.29 is 5.11 Å². The summed E-state index contributed by atoms with van der Waals surface area (Å²) in [5.41, 5.74) is 0.185. The minimum atomic E-state index is 0.185. The molecule has 0 aromatic carbocycles. The van der Waals surface area contributed by atoms with Gasteiger partial charge in [0.2, 0.25) is 0 Å². The van der Waals surface area contributed by atoms with Crippen molar-refractivity contribution in [3.8, 4) is 0 Å². The zero-order valence-electron chi connectivity index (χ0n) is 11.5. The molecule has 1 aliphatic rings. The molecular weight excluding hydrogens is 198 g/mol. The second kappa shape index (κ2) is 6.02. The van der Waals surface area contributed by atoms with E-state index in [1.54, 1.807) is 0 Å². The minimum absolute atomic E-state index is 0.185. The van der Waals surface area contributed by atoms with Crippen molar-refractivity contribution in [1.29, 1.82) is 0 Å². The molecule has 0 spiro atoms. The maximum atomic E-state index is 9.70. The zero-order chi connectivity index (χ0) is 12.2. The van der Waals surface area contributed by atoms with E-state index < -0.39 is 0 Å². The molecule has 0 amide bonds. The molecule has 0 radical (unpaired) electrons. The Bertz CT molecular complexity index is 197. The average Bonchev–Trinajstić information content (AvgIpc) is 2.31. The predicted octanol–water partition coefficient (Wildman–Crippen LogP) is 2.91. The van der Waals surface area contributed by atoms with Gasteiger partial charge < -0.3 is 10.0 Å². The third kappa shape index (κ3) is 3.46. The summed E-state index contributed by atoms with van der Waals surface area (Å²) in [4.78, 5) is 2.42. The predicted molar refractivity (Wildman–Crippen MR) is 69.5 cm³/mol. The van der Waals surface area contributed by atoms with Crippen LogP contribution in [0.15, 0.2) is 0 Å². The fourth-order valence-corrected chi connectivity index (χ4v) is 2.74. The lowest BCUT2D eigenvalue weighted by molar-refractivity contribution is 0.0265. The van der Waals surface area contributed by atoms with Crippen LogP contribution in [-0.4, -0.2) is 36.2 Å². The molecule has 96 valence electrons. The van der Waals surface area contributed by atoms with Gasteiger partial charge in [-0.15, -0.1) is 0 Å². The molecule has 0 aromatic heterocycles. The van der Waals surface area contributed by atoms with Gasteiger partial charge >= 0.3 is 0 Å². The first-order valence-electron chi connectivity index (χ1n) is 6.84. The van der Waals surface area contributed by atoms with Crippen LogP contribution in [0.3, 0.4) is 0 Å². The molecule has 1 rings (SSSR count). The van der Waals surface area contributed by atoms with Crippen molar-refractivity contribution in [2.45, 2.75) is 58.9 Å². The molecule has 2 nitrogen and oxygen atoms in total. The van der Waals surface area contributed by atoms with Crippen molar-refractivity contribution in [2.24, 2.45) is 11.3 Å². The molecule has 1 unspecified atom stereocenters. The number of rotatable bonds is 5. The van der Waals surface area contributed by atoms with Gasteiger partial charge in [0, 0.05) is 24.6 Å². The van der Waals surface area contributed by atoms with Gasteiger partial charge in [0.25, 0.3) is 0 Å². The average molecular weight is 227 g/mol. The summed E-state index contributed by atoms with van der Waals surface area (Å²) in [6, 6.07) is 0.628. The van der Waals surface area contributed by atoms with E-state index in [1.807, 2.05) is 0 Å². The Balaban J connectivity index is 2.53. The minimum Gasteiger partial charge on any atom is -0.396 e. The molecule has 0 aromatic rings. The lowest BCUT2D eigenvalue weighted by atomic mass is 9.71. The highest BCUT2D eigenvalue weighted by Crippen LogP contribution is 2.39. The third-order valence-corrected chi connectivity index (χ3v) is 4.60. The van der Waals surface area contributed by atoms with E-state index in [2.05, 4.69) is 32.7 Å². The summed E-state index contributed by atoms with van der Waals surface area (Å²) in [6.07, 6.45) is 6.16. The Kier molecular flexibility index (Phi) is 5.26. The molecule has 1 fully saturated rings. The van der Waals surface area contributed by atoms with E-state index in [0.717, 1.165) is 12.5 Å². The molecule has 16 heavy (non-hydrogen) atoms. The van der Waals surface area contributed by atoms with Crippen molar-refractivity contribution in [3.05, 3.63) is 0 Å². The van der Waals surface area contributed by atoms with Crippen LogP contribution in [0.5, 0.6) is 0 Å². The molecule has 1 aliphatic carbocycles. The van der Waals surface area contributed by atoms with Crippen molar-refractivity contribution >= 4 is 0 Å². The smallest absolute Gasteiger partial charge is 0.0499 e. The normalized spacial score (nSPS) is 33.0. The number of hydrogen-bond acceptors (Lipinski definition) is 2. The van der Waals surface area contributed by atoms with Crippen LogP contribution >= 0.6 is 0 Å². The summed E-state index contributed by atoms with van der Waals surface area (Å²) in [5, 5.41) is 9.70. The van der Waals surface area contributed by atoms with Crippen molar-refractivity contribution in [2.75, 3.05) is 20.2 Å². The lowest BCUT2D eigenvalue weighted by Crippen LogP contribution is -2.43. The third-order valence-electron chi connectivity index (χ3n) is 4.60. The first-order chi connectivity index (χ1) is 7.53. The number of aliphatic hydroxyl groups is 1. The molecule has 0 aliphatic heterocycles. The van der Waals surface area contributed by atoms with E-state index in [-0.39, 0.29) is 5.41 Å². The summed E-state index contributed by atoms with van der Waals surface area (Å²) in [5.74, 6) is 0.855. The van der Waals surface area contributed by atoms with Gasteiger partial charge in [-0.1, -0.05) is 26.7 Å². The van der Waals surface area contributed by atoms with Crippen LogP contribution < -0.4 is 0 Å². The fraction of sp³-hybridized carbons (Fsp3) is 1.00. The molecule has 1 N–H and O–H groups in total. The number of aliphatic hydroxyl groups excluding tert-OH is 1. The van der Waals surface area contributed by atoms with Gasteiger partial charge in [-0.2, -0.15) is 0 Å². The molecule has 2 heteroatoms. The summed E-state index contributed by atoms with van der Waals surface area (Å²) < 4.78 is 0. The highest BCUT2D eigenvalue weighted by molar-refractivity contribution is 4.87. The SMILES string of the molecule is CCC(C)N(C)CC1(CO)CCC(C)CC1. The largest absolute Gasteiger partial charge is 0.396 e. The van der Waals surface area contributed by atoms with Gasteiger partial charge in [0.05, 0.1) is 0 Å². The monoisotopic (exact) mass is 227 g/mol. The first kappa shape index (κ1) is 14.0. The molecule has 0 heterocycles. The van der Waals surface area contributed by atoms with Crippen LogP contribution in [-0.2, 0) is 0 Å². The van der Waals surface area contributed by atoms with Crippen molar-refractivity contribution in [3.63, 3.8) is 0 Å². The zero-order valence-corrected chi connectivity index (χ0v) is 11.5. The standard InChI is InChI=1S/C14H29NO/c1-5-13(3)15(4)10-14(11-16)8-6-12(2)7-9-14/h12-13,16H,5-11H2,1-4H3. The van der Waals surface area contributed by atoms with Crippen LogP contribution in [0.25, 0.3) is 0 Å². The Morgan fingerprint density at radius 3 is 2.38 bits per heavy atom. The van der Waals surface area contributed by atoms with Crippen LogP contribution in [0.4, 0.5) is 0 Å². The first-order valence-corrected chi connectivity index (χ1v) is 6.84. The van der Waals surface area contributed by atoms with E-state index in [1.165, 1.54) is 32.1 Å². The number of nitrogens with zero attached hydrogens (tertiary/aromatic N) is 1. The molecule has 0 saturated heterocycles. The van der Waals surface area contributed by atoms with E-state index in [0.29, 0.717) is 12.6 Å². The van der Waals surface area contributed by atoms with Gasteiger partial charge in [-0.25, -0.2) is 0 Å².